The maximum absolute atomic E-state index is 13.5. The molecule has 1 heterocycles. The molecule has 5 nitrogen and oxygen atoms in total. The normalized spacial score (nSPS) is 20.4. The first kappa shape index (κ1) is 16.4. The van der Waals surface area contributed by atoms with Crippen LogP contribution in [0.2, 0.25) is 0 Å². The van der Waals surface area contributed by atoms with Crippen LogP contribution in [0.15, 0.2) is 18.2 Å². The zero-order valence-electron chi connectivity index (χ0n) is 12.2. The van der Waals surface area contributed by atoms with E-state index < -0.39 is 35.5 Å². The Morgan fingerprint density at radius 3 is 2.77 bits per heavy atom. The van der Waals surface area contributed by atoms with Crippen LogP contribution in [0, 0.1) is 17.6 Å². The van der Waals surface area contributed by atoms with Crippen LogP contribution in [0.4, 0.5) is 14.5 Å². The van der Waals surface area contributed by atoms with Crippen LogP contribution >= 0.6 is 0 Å². The van der Waals surface area contributed by atoms with Gasteiger partial charge in [-0.15, -0.1) is 0 Å². The quantitative estimate of drug-likeness (QED) is 0.893. The molecule has 2 N–H and O–H groups in total. The van der Waals surface area contributed by atoms with Gasteiger partial charge in [-0.05, 0) is 38.4 Å². The van der Waals surface area contributed by atoms with Crippen LogP contribution < -0.4 is 5.32 Å². The third kappa shape index (κ3) is 3.79. The molecule has 1 aromatic carbocycles. The molecule has 1 saturated heterocycles. The van der Waals surface area contributed by atoms with Crippen LogP contribution in [-0.4, -0.2) is 41.0 Å². The fourth-order valence-electron chi connectivity index (χ4n) is 2.55. The number of nitrogens with zero attached hydrogens (tertiary/aromatic N) is 1. The monoisotopic (exact) mass is 312 g/mol. The van der Waals surface area contributed by atoms with Gasteiger partial charge in [-0.1, -0.05) is 0 Å². The number of amides is 1. The molecule has 2 unspecified atom stereocenters. The summed E-state index contributed by atoms with van der Waals surface area (Å²) in [6, 6.07) is 2.32. The van der Waals surface area contributed by atoms with E-state index >= 15 is 0 Å². The number of benzene rings is 1. The Kier molecular flexibility index (Phi) is 5.07. The van der Waals surface area contributed by atoms with Crippen molar-refractivity contribution in [3.8, 4) is 0 Å². The third-order valence-electron chi connectivity index (χ3n) is 3.92. The zero-order chi connectivity index (χ0) is 16.3. The number of piperidine rings is 1. The third-order valence-corrected chi connectivity index (χ3v) is 3.92. The van der Waals surface area contributed by atoms with Crippen molar-refractivity contribution in [2.75, 3.05) is 18.4 Å². The number of likely N-dealkylation sites (tertiary alicyclic amines) is 1. The van der Waals surface area contributed by atoms with Crippen LogP contribution in [-0.2, 0) is 9.59 Å². The molecule has 0 spiro atoms. The summed E-state index contributed by atoms with van der Waals surface area (Å²) >= 11 is 0. The highest BCUT2D eigenvalue weighted by Crippen LogP contribution is 2.20. The summed E-state index contributed by atoms with van der Waals surface area (Å²) in [4.78, 5) is 25.0. The predicted molar refractivity (Wildman–Crippen MR) is 76.4 cm³/mol. The highest BCUT2D eigenvalue weighted by molar-refractivity contribution is 5.94. The van der Waals surface area contributed by atoms with Gasteiger partial charge in [-0.3, -0.25) is 14.5 Å². The number of hydrogen-bond acceptors (Lipinski definition) is 3. The largest absolute Gasteiger partial charge is 0.481 e. The Balaban J connectivity index is 2.01. The standard InChI is InChI=1S/C15H18F2N2O3/c1-9(19-6-2-3-10(8-19)15(21)22)14(20)18-13-5-4-11(16)7-12(13)17/h4-5,7,9-10H,2-3,6,8H2,1H3,(H,18,20)(H,21,22). The maximum atomic E-state index is 13.5. The molecule has 1 amide bonds. The minimum atomic E-state index is -0.873. The van der Waals surface area contributed by atoms with E-state index in [1.54, 1.807) is 11.8 Å². The van der Waals surface area contributed by atoms with Gasteiger partial charge >= 0.3 is 5.97 Å². The summed E-state index contributed by atoms with van der Waals surface area (Å²) in [6.07, 6.45) is 1.28. The molecule has 0 radical (unpaired) electrons. The number of carboxylic acids is 1. The number of carboxylic acid groups (broad SMARTS) is 1. The molecule has 0 bridgehead atoms. The van der Waals surface area contributed by atoms with Crippen molar-refractivity contribution >= 4 is 17.6 Å². The highest BCUT2D eigenvalue weighted by atomic mass is 19.1. The van der Waals surface area contributed by atoms with Gasteiger partial charge in [-0.2, -0.15) is 0 Å². The average Bonchev–Trinajstić information content (AvgIpc) is 2.49. The van der Waals surface area contributed by atoms with Gasteiger partial charge in [0.1, 0.15) is 11.6 Å². The average molecular weight is 312 g/mol. The van der Waals surface area contributed by atoms with Crippen LogP contribution in [0.25, 0.3) is 0 Å². The number of nitrogens with one attached hydrogen (secondary N) is 1. The van der Waals surface area contributed by atoms with E-state index in [1.807, 2.05) is 0 Å². The summed E-state index contributed by atoms with van der Waals surface area (Å²) in [5.74, 6) is -3.38. The topological polar surface area (TPSA) is 69.6 Å². The van der Waals surface area contributed by atoms with E-state index in [0.29, 0.717) is 25.5 Å². The number of halogens is 2. The van der Waals surface area contributed by atoms with Gasteiger partial charge in [0.05, 0.1) is 17.6 Å². The van der Waals surface area contributed by atoms with Crippen molar-refractivity contribution in [1.82, 2.24) is 4.90 Å². The molecule has 22 heavy (non-hydrogen) atoms. The molecule has 1 aliphatic heterocycles. The van der Waals surface area contributed by atoms with Crippen LogP contribution in [0.5, 0.6) is 0 Å². The lowest BCUT2D eigenvalue weighted by atomic mass is 9.97. The number of carbonyl (C=O) groups excluding carboxylic acids is 1. The fourth-order valence-corrected chi connectivity index (χ4v) is 2.55. The highest BCUT2D eigenvalue weighted by Gasteiger charge is 2.30. The molecule has 2 atom stereocenters. The van der Waals surface area contributed by atoms with Crippen molar-refractivity contribution in [2.24, 2.45) is 5.92 Å². The number of anilines is 1. The lowest BCUT2D eigenvalue weighted by molar-refractivity contribution is -0.144. The molecule has 1 fully saturated rings. The van der Waals surface area contributed by atoms with Crippen LogP contribution in [0.1, 0.15) is 19.8 Å². The Morgan fingerprint density at radius 2 is 2.14 bits per heavy atom. The molecule has 7 heteroatoms. The number of rotatable bonds is 4. The Labute approximate surface area is 126 Å². The van der Waals surface area contributed by atoms with Gasteiger partial charge in [0.25, 0.3) is 0 Å². The molecule has 0 aromatic heterocycles. The van der Waals surface area contributed by atoms with E-state index in [2.05, 4.69) is 5.32 Å². The second kappa shape index (κ2) is 6.83. The van der Waals surface area contributed by atoms with E-state index in [-0.39, 0.29) is 12.2 Å². The first-order chi connectivity index (χ1) is 10.4. The SMILES string of the molecule is CC(C(=O)Nc1ccc(F)cc1F)N1CCCC(C(=O)O)C1. The first-order valence-corrected chi connectivity index (χ1v) is 7.11. The Hall–Kier alpha value is -2.02. The second-order valence-electron chi connectivity index (χ2n) is 5.46. The molecule has 0 aliphatic carbocycles. The van der Waals surface area contributed by atoms with Gasteiger partial charge in [0.15, 0.2) is 0 Å². The van der Waals surface area contributed by atoms with Crippen molar-refractivity contribution in [2.45, 2.75) is 25.8 Å². The zero-order valence-corrected chi connectivity index (χ0v) is 12.2. The van der Waals surface area contributed by atoms with Gasteiger partial charge < -0.3 is 10.4 Å². The molecule has 1 aliphatic rings. The summed E-state index contributed by atoms with van der Waals surface area (Å²) in [6.45, 7) is 2.54. The Bertz CT molecular complexity index is 580. The molecular weight excluding hydrogens is 294 g/mol. The minimum absolute atomic E-state index is 0.0926. The summed E-state index contributed by atoms with van der Waals surface area (Å²) in [7, 11) is 0. The summed E-state index contributed by atoms with van der Waals surface area (Å²) in [5.41, 5.74) is -0.0926. The maximum Gasteiger partial charge on any atom is 0.307 e. The smallest absolute Gasteiger partial charge is 0.307 e. The lowest BCUT2D eigenvalue weighted by Crippen LogP contribution is -2.48. The van der Waals surface area contributed by atoms with Gasteiger partial charge in [-0.25, -0.2) is 8.78 Å². The number of hydrogen-bond donors (Lipinski definition) is 2. The number of aliphatic carboxylic acids is 1. The van der Waals surface area contributed by atoms with E-state index in [9.17, 15) is 18.4 Å². The minimum Gasteiger partial charge on any atom is -0.481 e. The van der Waals surface area contributed by atoms with Gasteiger partial charge in [0, 0.05) is 12.6 Å². The predicted octanol–water partition coefficient (Wildman–Crippen LogP) is 2.09. The summed E-state index contributed by atoms with van der Waals surface area (Å²) < 4.78 is 26.4. The molecule has 2 rings (SSSR count). The molecule has 1 aromatic rings. The van der Waals surface area contributed by atoms with Crippen molar-refractivity contribution in [3.63, 3.8) is 0 Å². The molecule has 120 valence electrons. The van der Waals surface area contributed by atoms with Crippen molar-refractivity contribution < 1.29 is 23.5 Å². The van der Waals surface area contributed by atoms with E-state index in [0.717, 1.165) is 12.1 Å². The van der Waals surface area contributed by atoms with Crippen molar-refractivity contribution in [3.05, 3.63) is 29.8 Å². The molecule has 0 saturated carbocycles. The Morgan fingerprint density at radius 1 is 1.41 bits per heavy atom. The van der Waals surface area contributed by atoms with Gasteiger partial charge in [0.2, 0.25) is 5.91 Å². The van der Waals surface area contributed by atoms with Crippen molar-refractivity contribution in [1.29, 1.82) is 0 Å². The van der Waals surface area contributed by atoms with E-state index in [1.165, 1.54) is 0 Å². The second-order valence-corrected chi connectivity index (χ2v) is 5.46. The molecular formula is C15H18F2N2O3. The fraction of sp³-hybridized carbons (Fsp3) is 0.467. The van der Waals surface area contributed by atoms with Crippen LogP contribution in [0.3, 0.4) is 0 Å². The summed E-state index contributed by atoms with van der Waals surface area (Å²) in [5, 5.41) is 11.5. The lowest BCUT2D eigenvalue weighted by Gasteiger charge is -2.34. The first-order valence-electron chi connectivity index (χ1n) is 7.11. The van der Waals surface area contributed by atoms with E-state index in [4.69, 9.17) is 5.11 Å². The number of carbonyl (C=O) groups is 2.